The van der Waals surface area contributed by atoms with Crippen LogP contribution in [0.25, 0.3) is 10.2 Å². The second-order valence-corrected chi connectivity index (χ2v) is 9.72. The minimum atomic E-state index is -4.55. The predicted molar refractivity (Wildman–Crippen MR) is 124 cm³/mol. The summed E-state index contributed by atoms with van der Waals surface area (Å²) in [6, 6.07) is 1.99. The van der Waals surface area contributed by atoms with Crippen LogP contribution >= 0.6 is 11.3 Å². The first-order valence-electron chi connectivity index (χ1n) is 11.4. The van der Waals surface area contributed by atoms with Crippen molar-refractivity contribution in [2.45, 2.75) is 51.5 Å². The van der Waals surface area contributed by atoms with Crippen molar-refractivity contribution >= 4 is 39.4 Å². The summed E-state index contributed by atoms with van der Waals surface area (Å²) in [4.78, 5) is 27.3. The summed E-state index contributed by atoms with van der Waals surface area (Å²) in [5.74, 6) is 0.498. The number of rotatable bonds is 5. The quantitative estimate of drug-likeness (QED) is 0.559. The fourth-order valence-electron chi connectivity index (χ4n) is 4.53. The summed E-state index contributed by atoms with van der Waals surface area (Å²) in [5.41, 5.74) is 0. The number of aryl methyl sites for hydroxylation is 1. The molecule has 2 aliphatic heterocycles. The Morgan fingerprint density at radius 1 is 1.23 bits per heavy atom. The number of fused-ring (bicyclic) bond motifs is 2. The number of alkyl carbamates (subject to hydrolysis) is 1. The molecule has 1 amide bonds. The summed E-state index contributed by atoms with van der Waals surface area (Å²) in [7, 11) is 1.33. The lowest BCUT2D eigenvalue weighted by molar-refractivity contribution is -0.147. The Hall–Kier alpha value is -3.16. The van der Waals surface area contributed by atoms with E-state index in [0.717, 1.165) is 34.0 Å². The van der Waals surface area contributed by atoms with Crippen LogP contribution in [0.4, 0.5) is 29.7 Å². The van der Waals surface area contributed by atoms with Crippen LogP contribution < -0.4 is 15.1 Å². The van der Waals surface area contributed by atoms with Gasteiger partial charge in [-0.15, -0.1) is 21.5 Å². The Morgan fingerprint density at radius 2 is 2.06 bits per heavy atom. The number of hydrogen-bond acceptors (Lipinski definition) is 9. The van der Waals surface area contributed by atoms with Crippen molar-refractivity contribution in [3.05, 3.63) is 22.6 Å². The molecule has 3 aromatic rings. The Bertz CT molecular complexity index is 1240. The molecule has 1 atom stereocenters. The van der Waals surface area contributed by atoms with Gasteiger partial charge in [0.05, 0.1) is 25.1 Å². The number of alkyl halides is 3. The molecule has 5 heterocycles. The predicted octanol–water partition coefficient (Wildman–Crippen LogP) is 3.21. The van der Waals surface area contributed by atoms with Crippen LogP contribution in [-0.2, 0) is 30.4 Å². The van der Waals surface area contributed by atoms with Crippen molar-refractivity contribution in [3.8, 4) is 0 Å². The van der Waals surface area contributed by atoms with Crippen molar-refractivity contribution in [1.82, 2.24) is 30.0 Å². The summed E-state index contributed by atoms with van der Waals surface area (Å²) in [6.45, 7) is 3.92. The van der Waals surface area contributed by atoms with Gasteiger partial charge in [0.15, 0.2) is 5.82 Å². The third kappa shape index (κ3) is 4.58. The average molecular weight is 511 g/mol. The molecule has 3 aromatic heterocycles. The lowest BCUT2D eigenvalue weighted by atomic mass is 10.2. The number of carbonyl (C=O) groups is 1. The molecular formula is C21H25F3N8O2S. The van der Waals surface area contributed by atoms with E-state index in [4.69, 9.17) is 14.7 Å². The van der Waals surface area contributed by atoms with E-state index in [2.05, 4.69) is 28.5 Å². The van der Waals surface area contributed by atoms with E-state index in [9.17, 15) is 18.0 Å². The minimum absolute atomic E-state index is 0.0847. The highest BCUT2D eigenvalue weighted by Crippen LogP contribution is 2.36. The molecule has 5 rings (SSSR count). The monoisotopic (exact) mass is 510 g/mol. The maximum absolute atomic E-state index is 13.3. The molecular weight excluding hydrogens is 485 g/mol. The zero-order valence-corrected chi connectivity index (χ0v) is 20.1. The highest BCUT2D eigenvalue weighted by atomic mass is 32.1. The van der Waals surface area contributed by atoms with Gasteiger partial charge < -0.3 is 24.4 Å². The van der Waals surface area contributed by atoms with Crippen molar-refractivity contribution < 1.29 is 22.7 Å². The van der Waals surface area contributed by atoms with Crippen molar-refractivity contribution in [2.24, 2.45) is 0 Å². The number of halogens is 3. The highest BCUT2D eigenvalue weighted by molar-refractivity contribution is 7.18. The summed E-state index contributed by atoms with van der Waals surface area (Å²) >= 11 is 1.61. The molecule has 0 aliphatic carbocycles. The zero-order chi connectivity index (χ0) is 24.7. The first-order valence-corrected chi connectivity index (χ1v) is 12.2. The van der Waals surface area contributed by atoms with E-state index < -0.39 is 18.1 Å². The summed E-state index contributed by atoms with van der Waals surface area (Å²) in [6.07, 6.45) is -2.40. The van der Waals surface area contributed by atoms with Crippen molar-refractivity contribution in [1.29, 1.82) is 0 Å². The van der Waals surface area contributed by atoms with Gasteiger partial charge in [0.1, 0.15) is 10.6 Å². The molecule has 1 saturated heterocycles. The molecule has 14 heteroatoms. The number of nitrogens with one attached hydrogen (secondary N) is 1. The van der Waals surface area contributed by atoms with Gasteiger partial charge in [-0.05, 0) is 18.9 Å². The first kappa shape index (κ1) is 23.6. The van der Waals surface area contributed by atoms with Crippen LogP contribution in [-0.4, -0.2) is 63.6 Å². The Kier molecular flexibility index (Phi) is 6.15. The standard InChI is InChI=1S/C21H25F3N8O2S/c1-3-4-13-9-14-16(30-7-8-32-15(11-30)28-29-18(32)21(22,23)24)26-19(27-17(14)35-13)31-6-5-12(10-31)25-20(33)34-2/h9,12H,3-8,10-11H2,1-2H3,(H,25,33). The van der Waals surface area contributed by atoms with E-state index in [1.165, 1.54) is 12.0 Å². The Balaban J connectivity index is 1.47. The normalized spacial score (nSPS) is 18.3. The van der Waals surface area contributed by atoms with Crippen molar-refractivity contribution in [3.63, 3.8) is 0 Å². The fourth-order valence-corrected chi connectivity index (χ4v) is 5.65. The second-order valence-electron chi connectivity index (χ2n) is 8.61. The number of hydrogen-bond donors (Lipinski definition) is 1. The smallest absolute Gasteiger partial charge is 0.451 e. The molecule has 0 aromatic carbocycles. The third-order valence-electron chi connectivity index (χ3n) is 6.19. The fraction of sp³-hybridized carbons (Fsp3) is 0.571. The molecule has 35 heavy (non-hydrogen) atoms. The molecule has 10 nitrogen and oxygen atoms in total. The number of amides is 1. The highest BCUT2D eigenvalue weighted by Gasteiger charge is 2.40. The number of carbonyl (C=O) groups excluding carboxylic acids is 1. The Labute approximate surface area is 203 Å². The zero-order valence-electron chi connectivity index (χ0n) is 19.3. The van der Waals surface area contributed by atoms with Gasteiger partial charge in [0.25, 0.3) is 0 Å². The van der Waals surface area contributed by atoms with E-state index in [1.807, 2.05) is 9.80 Å². The first-order chi connectivity index (χ1) is 16.8. The maximum Gasteiger partial charge on any atom is 0.451 e. The van der Waals surface area contributed by atoms with Crippen LogP contribution in [0.2, 0.25) is 0 Å². The maximum atomic E-state index is 13.3. The van der Waals surface area contributed by atoms with Gasteiger partial charge in [-0.1, -0.05) is 13.3 Å². The van der Waals surface area contributed by atoms with Crippen LogP contribution in [0.5, 0.6) is 0 Å². The molecule has 0 spiro atoms. The van der Waals surface area contributed by atoms with Crippen LogP contribution in [0.1, 0.15) is 36.3 Å². The summed E-state index contributed by atoms with van der Waals surface area (Å²) < 4.78 is 45.7. The molecule has 0 bridgehead atoms. The second kappa shape index (κ2) is 9.13. The number of anilines is 2. The molecule has 0 radical (unpaired) electrons. The minimum Gasteiger partial charge on any atom is -0.453 e. The van der Waals surface area contributed by atoms with Gasteiger partial charge in [0.2, 0.25) is 11.8 Å². The van der Waals surface area contributed by atoms with Gasteiger partial charge in [0, 0.05) is 31.1 Å². The number of ether oxygens (including phenoxy) is 1. The van der Waals surface area contributed by atoms with E-state index in [1.54, 1.807) is 11.3 Å². The number of aromatic nitrogens is 5. The van der Waals surface area contributed by atoms with Gasteiger partial charge in [-0.3, -0.25) is 0 Å². The van der Waals surface area contributed by atoms with Gasteiger partial charge >= 0.3 is 12.3 Å². The number of methoxy groups -OCH3 is 1. The van der Waals surface area contributed by atoms with Crippen molar-refractivity contribution in [2.75, 3.05) is 36.5 Å². The SMILES string of the molecule is CCCc1cc2c(N3CCn4c(nnc4C(F)(F)F)C3)nc(N3CCC(NC(=O)OC)C3)nc2s1. The van der Waals surface area contributed by atoms with E-state index >= 15 is 0 Å². The van der Waals surface area contributed by atoms with E-state index in [-0.39, 0.29) is 25.0 Å². The number of thiophene rings is 1. The molecule has 2 aliphatic rings. The molecule has 0 saturated carbocycles. The third-order valence-corrected chi connectivity index (χ3v) is 7.28. The molecule has 1 unspecified atom stereocenters. The Morgan fingerprint density at radius 3 is 2.80 bits per heavy atom. The van der Waals surface area contributed by atoms with Gasteiger partial charge in [-0.2, -0.15) is 18.2 Å². The summed E-state index contributed by atoms with van der Waals surface area (Å²) in [5, 5.41) is 10.9. The lowest BCUT2D eigenvalue weighted by Crippen LogP contribution is -2.38. The molecule has 188 valence electrons. The number of nitrogens with zero attached hydrogens (tertiary/aromatic N) is 7. The molecule has 1 fully saturated rings. The van der Waals surface area contributed by atoms with Crippen LogP contribution in [0, 0.1) is 0 Å². The van der Waals surface area contributed by atoms with E-state index in [0.29, 0.717) is 31.4 Å². The average Bonchev–Trinajstić information content (AvgIpc) is 3.55. The topological polar surface area (TPSA) is 101 Å². The largest absolute Gasteiger partial charge is 0.453 e. The molecule has 1 N–H and O–H groups in total. The van der Waals surface area contributed by atoms with Crippen LogP contribution in [0.3, 0.4) is 0 Å². The van der Waals surface area contributed by atoms with Gasteiger partial charge in [-0.25, -0.2) is 9.78 Å². The lowest BCUT2D eigenvalue weighted by Gasteiger charge is -2.30. The van der Waals surface area contributed by atoms with Crippen LogP contribution in [0.15, 0.2) is 6.07 Å².